The van der Waals surface area contributed by atoms with Gasteiger partial charge >= 0.3 is 0 Å². The molecule has 0 saturated carbocycles. The van der Waals surface area contributed by atoms with E-state index in [0.717, 1.165) is 0 Å². The lowest BCUT2D eigenvalue weighted by Gasteiger charge is -1.99. The average Bonchev–Trinajstić information content (AvgIpc) is 2.56. The van der Waals surface area contributed by atoms with Crippen molar-refractivity contribution in [3.05, 3.63) is 71.8 Å². The monoisotopic (exact) mass is 322 g/mol. The van der Waals surface area contributed by atoms with E-state index in [1.165, 1.54) is 0 Å². The predicted molar refractivity (Wildman–Crippen MR) is 97.5 cm³/mol. The molecule has 0 atom stereocenters. The molecule has 0 saturated heterocycles. The van der Waals surface area contributed by atoms with Crippen LogP contribution in [0.15, 0.2) is 70.9 Å². The van der Waals surface area contributed by atoms with Crippen molar-refractivity contribution >= 4 is 23.8 Å². The zero-order chi connectivity index (χ0) is 17.4. The number of nitrogens with two attached hydrogens (primary N) is 2. The van der Waals surface area contributed by atoms with Crippen molar-refractivity contribution < 1.29 is 10.2 Å². The van der Waals surface area contributed by atoms with Crippen LogP contribution in [0, 0.1) is 0 Å². The van der Waals surface area contributed by atoms with E-state index in [1.54, 1.807) is 60.7 Å². The molecule has 0 aliphatic carbocycles. The maximum atomic E-state index is 9.78. The molecule has 6 nitrogen and oxygen atoms in total. The zero-order valence-electron chi connectivity index (χ0n) is 12.9. The van der Waals surface area contributed by atoms with E-state index in [1.807, 2.05) is 12.1 Å². The quantitative estimate of drug-likeness (QED) is 0.384. The van der Waals surface area contributed by atoms with Crippen LogP contribution in [0.2, 0.25) is 0 Å². The van der Waals surface area contributed by atoms with Crippen LogP contribution >= 0.6 is 0 Å². The summed E-state index contributed by atoms with van der Waals surface area (Å²) < 4.78 is 0. The molecule has 6 heteroatoms. The number of benzene rings is 2. The van der Waals surface area contributed by atoms with E-state index in [9.17, 15) is 10.2 Å². The van der Waals surface area contributed by atoms with Gasteiger partial charge in [0.1, 0.15) is 11.5 Å². The largest absolute Gasteiger partial charge is 0.507 e. The molecule has 0 aromatic heterocycles. The van der Waals surface area contributed by atoms with Gasteiger partial charge in [0, 0.05) is 11.1 Å². The lowest BCUT2D eigenvalue weighted by molar-refractivity contribution is 0.473. The first-order valence-corrected chi connectivity index (χ1v) is 7.15. The highest BCUT2D eigenvalue weighted by Crippen LogP contribution is 2.18. The van der Waals surface area contributed by atoms with E-state index in [0.29, 0.717) is 16.8 Å². The van der Waals surface area contributed by atoms with E-state index in [2.05, 4.69) is 10.2 Å². The second-order valence-corrected chi connectivity index (χ2v) is 4.83. The number of hydrogen-bond donors (Lipinski definition) is 4. The van der Waals surface area contributed by atoms with Crippen molar-refractivity contribution in [3.63, 3.8) is 0 Å². The second kappa shape index (κ2) is 8.19. The summed E-state index contributed by atoms with van der Waals surface area (Å²) in [4.78, 5) is 0. The predicted octanol–water partition coefficient (Wildman–Crippen LogP) is 2.45. The van der Waals surface area contributed by atoms with Crippen molar-refractivity contribution in [1.82, 2.24) is 0 Å². The Balaban J connectivity index is 2.29. The summed E-state index contributed by atoms with van der Waals surface area (Å²) in [6.07, 6.45) is 6.67. The Hall–Kier alpha value is -3.54. The normalized spacial score (nSPS) is 11.9. The summed E-state index contributed by atoms with van der Waals surface area (Å²) in [5.41, 5.74) is 12.3. The van der Waals surface area contributed by atoms with Crippen molar-refractivity contribution in [3.8, 4) is 11.5 Å². The van der Waals surface area contributed by atoms with E-state index >= 15 is 0 Å². The molecule has 6 N–H and O–H groups in total. The highest BCUT2D eigenvalue weighted by molar-refractivity contribution is 6.09. The number of para-hydroxylation sites is 2. The van der Waals surface area contributed by atoms with E-state index in [-0.39, 0.29) is 17.5 Å². The molecule has 2 aromatic rings. The average molecular weight is 322 g/mol. The highest BCUT2D eigenvalue weighted by atomic mass is 16.3. The summed E-state index contributed by atoms with van der Waals surface area (Å²) in [6.45, 7) is 0. The Bertz CT molecular complexity index is 762. The molecule has 2 aromatic carbocycles. The van der Waals surface area contributed by atoms with E-state index in [4.69, 9.17) is 11.5 Å². The number of nitrogens with zero attached hydrogens (tertiary/aromatic N) is 2. The molecule has 122 valence electrons. The number of hydrogen-bond acceptors (Lipinski definition) is 4. The Kier molecular flexibility index (Phi) is 5.74. The van der Waals surface area contributed by atoms with Crippen molar-refractivity contribution in [1.29, 1.82) is 0 Å². The summed E-state index contributed by atoms with van der Waals surface area (Å²) in [7, 11) is 0. The Labute approximate surface area is 139 Å². The van der Waals surface area contributed by atoms with Gasteiger partial charge in [-0.15, -0.1) is 10.2 Å². The molecule has 0 aliphatic rings. The fourth-order valence-electron chi connectivity index (χ4n) is 1.84. The summed E-state index contributed by atoms with van der Waals surface area (Å²) in [6, 6.07) is 13.8. The molecule has 0 fully saturated rings. The molecule has 0 aliphatic heterocycles. The molecule has 0 spiro atoms. The van der Waals surface area contributed by atoms with Crippen LogP contribution in [0.25, 0.3) is 12.2 Å². The lowest BCUT2D eigenvalue weighted by atomic mass is 10.1. The molecule has 0 unspecified atom stereocenters. The van der Waals surface area contributed by atoms with Crippen molar-refractivity contribution in [2.24, 2.45) is 21.7 Å². The van der Waals surface area contributed by atoms with Gasteiger partial charge in [-0.3, -0.25) is 0 Å². The number of phenolic OH excluding ortho intramolecular Hbond substituents is 2. The first kappa shape index (κ1) is 16.8. The number of aromatic hydroxyl groups is 2. The van der Waals surface area contributed by atoms with Crippen LogP contribution in [-0.4, -0.2) is 21.9 Å². The third kappa shape index (κ3) is 5.03. The molecule has 0 heterocycles. The summed E-state index contributed by atoms with van der Waals surface area (Å²) in [5, 5.41) is 27.1. The van der Waals surface area contributed by atoms with Crippen LogP contribution in [-0.2, 0) is 0 Å². The second-order valence-electron chi connectivity index (χ2n) is 4.83. The van der Waals surface area contributed by atoms with Gasteiger partial charge in [-0.05, 0) is 36.4 Å². The number of guanidine groups is 1. The van der Waals surface area contributed by atoms with Gasteiger partial charge in [0.25, 0.3) is 0 Å². The minimum absolute atomic E-state index is 0.152. The maximum Gasteiger partial charge on any atom is 0.211 e. The molecular weight excluding hydrogens is 304 g/mol. The van der Waals surface area contributed by atoms with Crippen molar-refractivity contribution in [2.45, 2.75) is 0 Å². The number of rotatable bonds is 5. The smallest absolute Gasteiger partial charge is 0.211 e. The Morgan fingerprint density at radius 1 is 0.750 bits per heavy atom. The van der Waals surface area contributed by atoms with Gasteiger partial charge in [-0.1, -0.05) is 36.4 Å². The standard InChI is InChI=1S/C18H18N4O2/c19-18(20)22-21-15(11-9-13-5-1-3-7-16(13)23)12-10-14-6-2-4-8-17(14)24/h1-12,23-24H,(H4,19,20,22)/b11-9-,12-10+,21-15?. The van der Waals surface area contributed by atoms with E-state index < -0.39 is 0 Å². The zero-order valence-corrected chi connectivity index (χ0v) is 12.9. The molecule has 24 heavy (non-hydrogen) atoms. The highest BCUT2D eigenvalue weighted by Gasteiger charge is 1.97. The molecule has 0 amide bonds. The number of allylic oxidation sites excluding steroid dienone is 2. The van der Waals surface area contributed by atoms with Gasteiger partial charge in [-0.25, -0.2) is 0 Å². The van der Waals surface area contributed by atoms with Crippen LogP contribution in [0.4, 0.5) is 0 Å². The molecule has 0 bridgehead atoms. The van der Waals surface area contributed by atoms with Crippen LogP contribution in [0.3, 0.4) is 0 Å². The summed E-state index contributed by atoms with van der Waals surface area (Å²) >= 11 is 0. The SMILES string of the molecule is NC(N)=NN=C(/C=C\c1ccccc1O)/C=C/c1ccccc1O. The lowest BCUT2D eigenvalue weighted by Crippen LogP contribution is -2.22. The van der Waals surface area contributed by atoms with Gasteiger partial charge in [0.2, 0.25) is 5.96 Å². The maximum absolute atomic E-state index is 9.78. The van der Waals surface area contributed by atoms with Gasteiger partial charge in [0.05, 0.1) is 5.71 Å². The first-order valence-electron chi connectivity index (χ1n) is 7.15. The third-order valence-electron chi connectivity index (χ3n) is 3.02. The minimum Gasteiger partial charge on any atom is -0.507 e. The molecule has 0 radical (unpaired) electrons. The van der Waals surface area contributed by atoms with Crippen molar-refractivity contribution in [2.75, 3.05) is 0 Å². The Morgan fingerprint density at radius 2 is 1.21 bits per heavy atom. The fourth-order valence-corrected chi connectivity index (χ4v) is 1.84. The summed E-state index contributed by atoms with van der Waals surface area (Å²) in [5.74, 6) is 0.138. The minimum atomic E-state index is -0.167. The van der Waals surface area contributed by atoms with Gasteiger partial charge in [-0.2, -0.15) is 0 Å². The van der Waals surface area contributed by atoms with Gasteiger partial charge in [0.15, 0.2) is 0 Å². The fraction of sp³-hybridized carbons (Fsp3) is 0. The van der Waals surface area contributed by atoms with Gasteiger partial charge < -0.3 is 21.7 Å². The third-order valence-corrected chi connectivity index (χ3v) is 3.02. The van der Waals surface area contributed by atoms with Crippen LogP contribution < -0.4 is 11.5 Å². The number of phenols is 2. The van der Waals surface area contributed by atoms with Crippen LogP contribution in [0.1, 0.15) is 11.1 Å². The van der Waals surface area contributed by atoms with Crippen LogP contribution in [0.5, 0.6) is 11.5 Å². The molecule has 2 rings (SSSR count). The first-order chi connectivity index (χ1) is 11.6. The molecular formula is C18H18N4O2. The Morgan fingerprint density at radius 3 is 1.62 bits per heavy atom. The topological polar surface area (TPSA) is 117 Å².